The van der Waals surface area contributed by atoms with E-state index in [0.29, 0.717) is 0 Å². The molecule has 0 aliphatic carbocycles. The van der Waals surface area contributed by atoms with E-state index in [1.807, 2.05) is 22.9 Å². The first-order valence-corrected chi connectivity index (χ1v) is 6.61. The molecule has 2 aromatic rings. The molecule has 1 N–H and O–H groups in total. The highest BCUT2D eigenvalue weighted by molar-refractivity contribution is 5.39. The summed E-state index contributed by atoms with van der Waals surface area (Å²) in [7, 11) is 0. The zero-order valence-corrected chi connectivity index (χ0v) is 11.1. The average molecular weight is 258 g/mol. The van der Waals surface area contributed by atoms with E-state index < -0.39 is 0 Å². The third-order valence-electron chi connectivity index (χ3n) is 3.45. The average Bonchev–Trinajstić information content (AvgIpc) is 2.88. The molecule has 0 spiro atoms. The van der Waals surface area contributed by atoms with Crippen molar-refractivity contribution in [1.29, 1.82) is 0 Å². The molecule has 6 nitrogen and oxygen atoms in total. The van der Waals surface area contributed by atoms with Gasteiger partial charge in [-0.15, -0.1) is 5.10 Å². The van der Waals surface area contributed by atoms with Gasteiger partial charge in [0.2, 0.25) is 0 Å². The number of tetrazole rings is 1. The van der Waals surface area contributed by atoms with E-state index in [2.05, 4.69) is 38.7 Å². The van der Waals surface area contributed by atoms with Gasteiger partial charge in [0.25, 0.3) is 0 Å². The highest BCUT2D eigenvalue weighted by Crippen LogP contribution is 2.14. The van der Waals surface area contributed by atoms with Gasteiger partial charge in [0.05, 0.1) is 12.2 Å². The zero-order chi connectivity index (χ0) is 13.1. The topological polar surface area (TPSA) is 58.9 Å². The van der Waals surface area contributed by atoms with E-state index in [1.54, 1.807) is 0 Å². The van der Waals surface area contributed by atoms with Gasteiger partial charge in [0.15, 0.2) is 5.82 Å². The number of nitrogens with one attached hydrogen (secondary N) is 1. The second-order valence-electron chi connectivity index (χ2n) is 4.82. The van der Waals surface area contributed by atoms with Crippen molar-refractivity contribution in [2.45, 2.75) is 13.5 Å². The predicted octanol–water partition coefficient (Wildman–Crippen LogP) is 0.376. The van der Waals surface area contributed by atoms with Crippen molar-refractivity contribution in [3.8, 4) is 5.69 Å². The normalized spacial score (nSPS) is 16.7. The Labute approximate surface area is 112 Å². The molecule has 2 heterocycles. The quantitative estimate of drug-likeness (QED) is 0.862. The molecule has 1 saturated heterocycles. The van der Waals surface area contributed by atoms with Crippen molar-refractivity contribution >= 4 is 0 Å². The van der Waals surface area contributed by atoms with Crippen molar-refractivity contribution < 1.29 is 0 Å². The van der Waals surface area contributed by atoms with Gasteiger partial charge < -0.3 is 5.32 Å². The number of benzene rings is 1. The third kappa shape index (κ3) is 2.64. The maximum absolute atomic E-state index is 4.17. The summed E-state index contributed by atoms with van der Waals surface area (Å²) in [6.45, 7) is 7.02. The summed E-state index contributed by atoms with van der Waals surface area (Å²) in [5.41, 5.74) is 2.23. The molecule has 0 atom stereocenters. The molecule has 0 unspecified atom stereocenters. The van der Waals surface area contributed by atoms with Gasteiger partial charge in [0, 0.05) is 26.2 Å². The Hall–Kier alpha value is -1.79. The molecule has 3 rings (SSSR count). The van der Waals surface area contributed by atoms with Gasteiger partial charge in [-0.25, -0.2) is 0 Å². The summed E-state index contributed by atoms with van der Waals surface area (Å²) in [5.74, 6) is 0.899. The van der Waals surface area contributed by atoms with Crippen molar-refractivity contribution in [1.82, 2.24) is 30.4 Å². The highest BCUT2D eigenvalue weighted by Gasteiger charge is 2.15. The minimum atomic E-state index is 0.795. The number of hydrogen-bond acceptors (Lipinski definition) is 5. The number of rotatable bonds is 3. The van der Waals surface area contributed by atoms with Crippen molar-refractivity contribution in [3.63, 3.8) is 0 Å². The first-order valence-electron chi connectivity index (χ1n) is 6.61. The minimum Gasteiger partial charge on any atom is -0.314 e. The Bertz CT molecular complexity index is 544. The van der Waals surface area contributed by atoms with Crippen molar-refractivity contribution in [2.75, 3.05) is 26.2 Å². The number of aryl methyl sites for hydroxylation is 1. The molecule has 1 aliphatic heterocycles. The monoisotopic (exact) mass is 258 g/mol. The standard InChI is InChI=1S/C13H18N6/c1-11-4-2-3-5-12(11)19-13(15-16-17-19)10-18-8-6-14-7-9-18/h2-5,14H,6-10H2,1H3. The van der Waals surface area contributed by atoms with Crippen LogP contribution >= 0.6 is 0 Å². The van der Waals surface area contributed by atoms with E-state index in [0.717, 1.165) is 44.2 Å². The lowest BCUT2D eigenvalue weighted by atomic mass is 10.2. The zero-order valence-electron chi connectivity index (χ0n) is 11.1. The maximum Gasteiger partial charge on any atom is 0.170 e. The summed E-state index contributed by atoms with van der Waals surface area (Å²) < 4.78 is 1.84. The molecule has 6 heteroatoms. The number of piperazine rings is 1. The number of nitrogens with zero attached hydrogens (tertiary/aromatic N) is 5. The van der Waals surface area contributed by atoms with E-state index in [-0.39, 0.29) is 0 Å². The summed E-state index contributed by atoms with van der Waals surface area (Å²) in [5, 5.41) is 15.5. The lowest BCUT2D eigenvalue weighted by Crippen LogP contribution is -2.43. The molecule has 0 radical (unpaired) electrons. The summed E-state index contributed by atoms with van der Waals surface area (Å²) in [6.07, 6.45) is 0. The van der Waals surface area contributed by atoms with E-state index in [1.165, 1.54) is 5.56 Å². The van der Waals surface area contributed by atoms with Crippen LogP contribution in [0.2, 0.25) is 0 Å². The summed E-state index contributed by atoms with van der Waals surface area (Å²) in [6, 6.07) is 8.16. The van der Waals surface area contributed by atoms with E-state index in [9.17, 15) is 0 Å². The Morgan fingerprint density at radius 2 is 2.00 bits per heavy atom. The number of para-hydroxylation sites is 1. The molecule has 1 aliphatic rings. The minimum absolute atomic E-state index is 0.795. The first kappa shape index (κ1) is 12.3. The van der Waals surface area contributed by atoms with Crippen LogP contribution in [0.15, 0.2) is 24.3 Å². The van der Waals surface area contributed by atoms with Crippen LogP contribution in [0.1, 0.15) is 11.4 Å². The van der Waals surface area contributed by atoms with Gasteiger partial charge >= 0.3 is 0 Å². The lowest BCUT2D eigenvalue weighted by Gasteiger charge is -2.26. The van der Waals surface area contributed by atoms with Crippen LogP contribution in [-0.2, 0) is 6.54 Å². The van der Waals surface area contributed by atoms with Crippen molar-refractivity contribution in [3.05, 3.63) is 35.7 Å². The van der Waals surface area contributed by atoms with Crippen LogP contribution in [0.5, 0.6) is 0 Å². The largest absolute Gasteiger partial charge is 0.314 e. The molecule has 0 amide bonds. The molecule has 0 bridgehead atoms. The summed E-state index contributed by atoms with van der Waals surface area (Å²) in [4.78, 5) is 2.37. The fourth-order valence-corrected chi connectivity index (χ4v) is 2.36. The Balaban J connectivity index is 1.84. The van der Waals surface area contributed by atoms with Gasteiger partial charge in [0.1, 0.15) is 0 Å². The molecule has 1 aromatic heterocycles. The second kappa shape index (κ2) is 5.46. The van der Waals surface area contributed by atoms with Crippen LogP contribution in [0, 0.1) is 6.92 Å². The number of hydrogen-bond donors (Lipinski definition) is 1. The molecule has 100 valence electrons. The van der Waals surface area contributed by atoms with E-state index in [4.69, 9.17) is 0 Å². The second-order valence-corrected chi connectivity index (χ2v) is 4.82. The fraction of sp³-hybridized carbons (Fsp3) is 0.462. The molecule has 0 saturated carbocycles. The van der Waals surface area contributed by atoms with Gasteiger partial charge in [-0.2, -0.15) is 4.68 Å². The molecular weight excluding hydrogens is 240 g/mol. The Morgan fingerprint density at radius 1 is 1.21 bits per heavy atom. The molecule has 1 fully saturated rings. The maximum atomic E-state index is 4.17. The Kier molecular flexibility index (Phi) is 3.52. The highest BCUT2D eigenvalue weighted by atomic mass is 15.5. The summed E-state index contributed by atoms with van der Waals surface area (Å²) >= 11 is 0. The molecule has 1 aromatic carbocycles. The predicted molar refractivity (Wildman–Crippen MR) is 72.0 cm³/mol. The van der Waals surface area contributed by atoms with E-state index >= 15 is 0 Å². The van der Waals surface area contributed by atoms with Crippen LogP contribution < -0.4 is 5.32 Å². The van der Waals surface area contributed by atoms with Gasteiger partial charge in [-0.05, 0) is 29.0 Å². The molecular formula is C13H18N6. The third-order valence-corrected chi connectivity index (χ3v) is 3.45. The fourth-order valence-electron chi connectivity index (χ4n) is 2.36. The first-order chi connectivity index (χ1) is 9.34. The lowest BCUT2D eigenvalue weighted by molar-refractivity contribution is 0.226. The van der Waals surface area contributed by atoms with Gasteiger partial charge in [-0.1, -0.05) is 18.2 Å². The number of aromatic nitrogens is 4. The van der Waals surface area contributed by atoms with Crippen LogP contribution in [0.3, 0.4) is 0 Å². The molecule has 19 heavy (non-hydrogen) atoms. The smallest absolute Gasteiger partial charge is 0.170 e. The van der Waals surface area contributed by atoms with Crippen LogP contribution in [0.25, 0.3) is 5.69 Å². The Morgan fingerprint density at radius 3 is 2.79 bits per heavy atom. The van der Waals surface area contributed by atoms with Crippen molar-refractivity contribution in [2.24, 2.45) is 0 Å². The van der Waals surface area contributed by atoms with Gasteiger partial charge in [-0.3, -0.25) is 4.90 Å². The van der Waals surface area contributed by atoms with Crippen LogP contribution in [0.4, 0.5) is 0 Å². The van der Waals surface area contributed by atoms with Crippen LogP contribution in [-0.4, -0.2) is 51.3 Å². The SMILES string of the molecule is Cc1ccccc1-n1nnnc1CN1CCNCC1.